The molecular formula is C22H27N5O2. The van der Waals surface area contributed by atoms with Crippen LogP contribution in [0.3, 0.4) is 0 Å². The molecule has 3 heterocycles. The summed E-state index contributed by atoms with van der Waals surface area (Å²) in [5, 5.41) is 7.91. The van der Waals surface area contributed by atoms with E-state index in [1.165, 1.54) is 5.69 Å². The molecule has 0 saturated carbocycles. The van der Waals surface area contributed by atoms with Crippen molar-refractivity contribution in [2.24, 2.45) is 0 Å². The van der Waals surface area contributed by atoms with Crippen LogP contribution in [0, 0.1) is 0 Å². The molecule has 1 amide bonds. The van der Waals surface area contributed by atoms with Gasteiger partial charge in [0.05, 0.1) is 16.6 Å². The van der Waals surface area contributed by atoms with Crippen molar-refractivity contribution in [1.82, 2.24) is 20.4 Å². The van der Waals surface area contributed by atoms with Crippen molar-refractivity contribution in [3.05, 3.63) is 53.9 Å². The zero-order chi connectivity index (χ0) is 20.2. The fourth-order valence-corrected chi connectivity index (χ4v) is 3.83. The number of hydrogen-bond donors (Lipinski definition) is 1. The fourth-order valence-electron chi connectivity index (χ4n) is 3.83. The SMILES string of the molecule is CCc1noc2ncc(C(=O)NC(C)CN3CCN(c4ccccc4)CC3)cc12. The Hall–Kier alpha value is -2.93. The zero-order valence-corrected chi connectivity index (χ0v) is 17.0. The van der Waals surface area contributed by atoms with E-state index in [1.807, 2.05) is 26.0 Å². The van der Waals surface area contributed by atoms with Gasteiger partial charge in [-0.3, -0.25) is 9.69 Å². The maximum Gasteiger partial charge on any atom is 0.257 e. The topological polar surface area (TPSA) is 74.5 Å². The second kappa shape index (κ2) is 8.61. The van der Waals surface area contributed by atoms with Gasteiger partial charge in [-0.25, -0.2) is 4.98 Å². The number of anilines is 1. The summed E-state index contributed by atoms with van der Waals surface area (Å²) < 4.78 is 5.19. The Morgan fingerprint density at radius 2 is 1.97 bits per heavy atom. The number of piperazine rings is 1. The lowest BCUT2D eigenvalue weighted by atomic mass is 10.1. The van der Waals surface area contributed by atoms with Crippen molar-refractivity contribution < 1.29 is 9.32 Å². The van der Waals surface area contributed by atoms with Crippen LogP contribution in [0.15, 0.2) is 47.1 Å². The summed E-state index contributed by atoms with van der Waals surface area (Å²) in [6, 6.07) is 12.4. The number of aryl methyl sites for hydroxylation is 1. The van der Waals surface area contributed by atoms with Gasteiger partial charge in [-0.05, 0) is 31.5 Å². The first-order chi connectivity index (χ1) is 14.1. The van der Waals surface area contributed by atoms with Gasteiger partial charge in [-0.15, -0.1) is 0 Å². The molecule has 1 saturated heterocycles. The normalized spacial score (nSPS) is 16.1. The third kappa shape index (κ3) is 4.40. The van der Waals surface area contributed by atoms with E-state index in [0.717, 1.165) is 50.2 Å². The number of rotatable bonds is 6. The van der Waals surface area contributed by atoms with Gasteiger partial charge in [0.2, 0.25) is 0 Å². The molecule has 1 aliphatic heterocycles. The van der Waals surface area contributed by atoms with Crippen molar-refractivity contribution in [2.45, 2.75) is 26.3 Å². The van der Waals surface area contributed by atoms with Crippen LogP contribution in [0.1, 0.15) is 29.9 Å². The second-order valence-corrected chi connectivity index (χ2v) is 7.56. The summed E-state index contributed by atoms with van der Waals surface area (Å²) in [5.74, 6) is -0.113. The number of benzene rings is 1. The molecule has 152 valence electrons. The molecule has 0 spiro atoms. The Bertz CT molecular complexity index is 964. The monoisotopic (exact) mass is 393 g/mol. The quantitative estimate of drug-likeness (QED) is 0.694. The molecule has 1 atom stereocenters. The number of carbonyl (C=O) groups excluding carboxylic acids is 1. The lowest BCUT2D eigenvalue weighted by Gasteiger charge is -2.37. The molecule has 29 heavy (non-hydrogen) atoms. The number of nitrogens with zero attached hydrogens (tertiary/aromatic N) is 4. The lowest BCUT2D eigenvalue weighted by Crippen LogP contribution is -2.50. The molecule has 4 rings (SSSR count). The number of nitrogens with one attached hydrogen (secondary N) is 1. The maximum atomic E-state index is 12.7. The molecule has 0 aliphatic carbocycles. The summed E-state index contributed by atoms with van der Waals surface area (Å²) in [4.78, 5) is 21.7. The van der Waals surface area contributed by atoms with E-state index in [9.17, 15) is 4.79 Å². The number of amides is 1. The van der Waals surface area contributed by atoms with Gasteiger partial charge in [-0.1, -0.05) is 30.3 Å². The molecule has 0 bridgehead atoms. The molecule has 7 nitrogen and oxygen atoms in total. The van der Waals surface area contributed by atoms with Gasteiger partial charge in [0.15, 0.2) is 0 Å². The Morgan fingerprint density at radius 1 is 1.21 bits per heavy atom. The highest BCUT2D eigenvalue weighted by atomic mass is 16.5. The van der Waals surface area contributed by atoms with Crippen LogP contribution in [0.5, 0.6) is 0 Å². The minimum Gasteiger partial charge on any atom is -0.369 e. The third-order valence-corrected chi connectivity index (χ3v) is 5.40. The van der Waals surface area contributed by atoms with Crippen LogP contribution in [-0.4, -0.2) is 59.7 Å². The van der Waals surface area contributed by atoms with Crippen molar-refractivity contribution in [2.75, 3.05) is 37.6 Å². The molecule has 1 N–H and O–H groups in total. The first kappa shape index (κ1) is 19.4. The number of para-hydroxylation sites is 1. The number of carbonyl (C=O) groups is 1. The minimum absolute atomic E-state index is 0.0505. The van der Waals surface area contributed by atoms with E-state index < -0.39 is 0 Å². The van der Waals surface area contributed by atoms with Crippen LogP contribution < -0.4 is 10.2 Å². The van der Waals surface area contributed by atoms with E-state index in [4.69, 9.17) is 4.52 Å². The van der Waals surface area contributed by atoms with Crippen LogP contribution in [0.4, 0.5) is 5.69 Å². The number of aromatic nitrogens is 2. The van der Waals surface area contributed by atoms with Crippen LogP contribution >= 0.6 is 0 Å². The van der Waals surface area contributed by atoms with Crippen LogP contribution in [0.25, 0.3) is 11.1 Å². The predicted octanol–water partition coefficient (Wildman–Crippen LogP) is 2.73. The molecule has 3 aromatic rings. The smallest absolute Gasteiger partial charge is 0.257 e. The van der Waals surface area contributed by atoms with Crippen molar-refractivity contribution in [3.8, 4) is 0 Å². The average Bonchev–Trinajstić information content (AvgIpc) is 3.17. The maximum absolute atomic E-state index is 12.7. The van der Waals surface area contributed by atoms with Crippen LogP contribution in [0.2, 0.25) is 0 Å². The van der Waals surface area contributed by atoms with Crippen LogP contribution in [-0.2, 0) is 6.42 Å². The highest BCUT2D eigenvalue weighted by molar-refractivity contribution is 5.97. The summed E-state index contributed by atoms with van der Waals surface area (Å²) in [5.41, 5.74) is 3.11. The number of hydrogen-bond acceptors (Lipinski definition) is 6. The summed E-state index contributed by atoms with van der Waals surface area (Å²) in [6.45, 7) is 8.86. The molecular weight excluding hydrogens is 366 g/mol. The zero-order valence-electron chi connectivity index (χ0n) is 17.0. The molecule has 1 fully saturated rings. The average molecular weight is 393 g/mol. The van der Waals surface area contributed by atoms with E-state index in [1.54, 1.807) is 6.20 Å². The highest BCUT2D eigenvalue weighted by Crippen LogP contribution is 2.18. The highest BCUT2D eigenvalue weighted by Gasteiger charge is 2.20. The number of pyridine rings is 1. The van der Waals surface area contributed by atoms with E-state index in [2.05, 4.69) is 49.5 Å². The van der Waals surface area contributed by atoms with Gasteiger partial charge >= 0.3 is 0 Å². The van der Waals surface area contributed by atoms with E-state index in [0.29, 0.717) is 11.3 Å². The Morgan fingerprint density at radius 3 is 2.69 bits per heavy atom. The molecule has 7 heteroatoms. The third-order valence-electron chi connectivity index (χ3n) is 5.40. The van der Waals surface area contributed by atoms with Crippen molar-refractivity contribution in [1.29, 1.82) is 0 Å². The predicted molar refractivity (Wildman–Crippen MR) is 113 cm³/mol. The number of fused-ring (bicyclic) bond motifs is 1. The molecule has 1 aromatic carbocycles. The van der Waals surface area contributed by atoms with Gasteiger partial charge in [-0.2, -0.15) is 0 Å². The largest absolute Gasteiger partial charge is 0.369 e. The molecule has 2 aromatic heterocycles. The first-order valence-corrected chi connectivity index (χ1v) is 10.2. The van der Waals surface area contributed by atoms with Gasteiger partial charge in [0, 0.05) is 50.6 Å². The molecule has 0 radical (unpaired) electrons. The lowest BCUT2D eigenvalue weighted by molar-refractivity contribution is 0.0928. The van der Waals surface area contributed by atoms with Crippen molar-refractivity contribution >= 4 is 22.7 Å². The molecule has 1 unspecified atom stereocenters. The van der Waals surface area contributed by atoms with Crippen molar-refractivity contribution in [3.63, 3.8) is 0 Å². The molecule has 1 aliphatic rings. The Kier molecular flexibility index (Phi) is 5.76. The van der Waals surface area contributed by atoms with Gasteiger partial charge < -0.3 is 14.7 Å². The summed E-state index contributed by atoms with van der Waals surface area (Å²) >= 11 is 0. The summed E-state index contributed by atoms with van der Waals surface area (Å²) in [6.07, 6.45) is 2.29. The van der Waals surface area contributed by atoms with Gasteiger partial charge in [0.25, 0.3) is 11.6 Å². The summed E-state index contributed by atoms with van der Waals surface area (Å²) in [7, 11) is 0. The Labute approximate surface area is 170 Å². The second-order valence-electron chi connectivity index (χ2n) is 7.56. The van der Waals surface area contributed by atoms with E-state index in [-0.39, 0.29) is 11.9 Å². The van der Waals surface area contributed by atoms with Gasteiger partial charge in [0.1, 0.15) is 0 Å². The fraction of sp³-hybridized carbons (Fsp3) is 0.409. The van der Waals surface area contributed by atoms with E-state index >= 15 is 0 Å². The first-order valence-electron chi connectivity index (χ1n) is 10.2. The standard InChI is InChI=1S/C22H27N5O2/c1-3-20-19-13-17(14-23-22(19)29-25-20)21(28)24-16(2)15-26-9-11-27(12-10-26)18-7-5-4-6-8-18/h4-8,13-14,16H,3,9-12,15H2,1-2H3,(H,24,28). The Balaban J connectivity index is 1.31. The minimum atomic E-state index is -0.113.